The van der Waals surface area contributed by atoms with Crippen molar-refractivity contribution < 1.29 is 53.6 Å². The first-order valence-electron chi connectivity index (χ1n) is 24.1. The van der Waals surface area contributed by atoms with Crippen molar-refractivity contribution in [1.29, 1.82) is 0 Å². The van der Waals surface area contributed by atoms with Gasteiger partial charge in [0.2, 0.25) is 17.8 Å². The molecule has 4 aromatic rings. The van der Waals surface area contributed by atoms with Crippen molar-refractivity contribution in [3.05, 3.63) is 88.0 Å². The first-order chi connectivity index (χ1) is 36.0. The number of aliphatic carboxylic acids is 1. The van der Waals surface area contributed by atoms with E-state index in [1.54, 1.807) is 38.4 Å². The highest BCUT2D eigenvalue weighted by molar-refractivity contribution is 8.76. The molecule has 25 nitrogen and oxygen atoms in total. The zero-order valence-corrected chi connectivity index (χ0v) is 42.8. The molecular weight excluding hydrogens is 1010 g/mol. The van der Waals surface area contributed by atoms with Gasteiger partial charge in [-0.3, -0.25) is 39.3 Å². The molecule has 0 bridgehead atoms. The van der Waals surface area contributed by atoms with E-state index in [4.69, 9.17) is 15.2 Å². The minimum absolute atomic E-state index is 0.0168. The Kier molecular flexibility index (Phi) is 16.4. The highest BCUT2D eigenvalue weighted by Crippen LogP contribution is 2.66. The van der Waals surface area contributed by atoms with Crippen LogP contribution in [0.5, 0.6) is 5.75 Å². The first kappa shape index (κ1) is 54.1. The normalized spacial score (nSPS) is 23.5. The summed E-state index contributed by atoms with van der Waals surface area (Å²) < 4.78 is 10.8. The number of carbonyl (C=O) groups excluding carboxylic acids is 5. The number of fused-ring (bicyclic) bond motifs is 2. The average Bonchev–Trinajstić information content (AvgIpc) is 4.14. The number of carboxylic acids is 1. The molecule has 1 saturated heterocycles. The van der Waals surface area contributed by atoms with Crippen molar-refractivity contribution in [3.63, 3.8) is 0 Å². The minimum atomic E-state index is -2.41. The van der Waals surface area contributed by atoms with E-state index in [2.05, 4.69) is 57.0 Å². The number of ether oxygens (including phenoxy) is 2. The largest absolute Gasteiger partial charge is 0.497 e. The van der Waals surface area contributed by atoms with Crippen LogP contribution in [0.3, 0.4) is 0 Å². The van der Waals surface area contributed by atoms with Crippen LogP contribution in [0, 0.1) is 5.41 Å². The Morgan fingerprint density at radius 3 is 2.56 bits per heavy atom. The number of methoxy groups -OCH3 is 1. The van der Waals surface area contributed by atoms with Gasteiger partial charge in [0, 0.05) is 77.9 Å². The molecule has 4 aliphatic rings. The van der Waals surface area contributed by atoms with E-state index in [1.807, 2.05) is 42.2 Å². The summed E-state index contributed by atoms with van der Waals surface area (Å²) in [7, 11) is 5.60. The fourth-order valence-corrected chi connectivity index (χ4v) is 13.0. The zero-order chi connectivity index (χ0) is 53.7. The lowest BCUT2D eigenvalue weighted by Crippen LogP contribution is -2.82. The van der Waals surface area contributed by atoms with Gasteiger partial charge >= 0.3 is 12.1 Å². The van der Waals surface area contributed by atoms with Crippen LogP contribution in [0.1, 0.15) is 54.2 Å². The Balaban J connectivity index is 0.711. The van der Waals surface area contributed by atoms with Gasteiger partial charge in [0.15, 0.2) is 16.8 Å². The number of aromatic amines is 1. The Labute approximate surface area is 437 Å². The molecular formula is C48H59N13O12S2. The molecule has 2 aromatic carbocycles. The number of aliphatic hydroxyl groups excluding tert-OH is 1. The highest BCUT2D eigenvalue weighted by Gasteiger charge is 2.78. The van der Waals surface area contributed by atoms with Gasteiger partial charge in [-0.15, -0.1) is 0 Å². The molecule has 27 heteroatoms. The standard InChI is InChI=1S/C48H59N13O12S2/c1-4-46-14-6-17-61-18-15-47(40(46)61)30-13-12-29(72-3)21-32(30)60(2)41(47)48(71,42(46)68)43(69)58-59-45(70)73-19-20-74-75-25-31(39(66)67)55-34(63)24-52-33(62)7-5-16-50-37(64)26-8-10-27(11-9-26)51-22-28-23-53-36-35(54-28)38(65)57-44(49)56-36/h6,8-14,21,23,31,40-42,51,68,71H,4-5,7,15-20,22,24-25H2,1-3H3,(H,50,64)(H,52,62)(H,55,63)(H,58,69)(H,59,70)(H,66,67)(H3,49,53,56,57,65)/t31-,40?,41-,42-,46-,47-,48+/m1/s1. The number of anilines is 3. The van der Waals surface area contributed by atoms with Gasteiger partial charge in [-0.1, -0.05) is 46.7 Å². The number of likely N-dealkylation sites (N-methyl/N-ethyl adjacent to an activating group) is 1. The number of amides is 5. The smallest absolute Gasteiger partial charge is 0.426 e. The number of hydrogen-bond donors (Lipinski definition) is 11. The van der Waals surface area contributed by atoms with Gasteiger partial charge in [-0.25, -0.2) is 25.0 Å². The van der Waals surface area contributed by atoms with Crippen molar-refractivity contribution >= 4 is 85.8 Å². The molecule has 400 valence electrons. The number of aliphatic hydroxyl groups is 2. The molecule has 8 rings (SSSR count). The summed E-state index contributed by atoms with van der Waals surface area (Å²) in [5.74, 6) is -3.22. The molecule has 75 heavy (non-hydrogen) atoms. The molecule has 0 radical (unpaired) electrons. The monoisotopic (exact) mass is 1070 g/mol. The van der Waals surface area contributed by atoms with E-state index in [1.165, 1.54) is 17.0 Å². The van der Waals surface area contributed by atoms with E-state index in [9.17, 15) is 48.9 Å². The van der Waals surface area contributed by atoms with Crippen LogP contribution in [-0.2, 0) is 35.9 Å². The second-order valence-corrected chi connectivity index (χ2v) is 21.1. The Bertz CT molecular complexity index is 2930. The first-order valence-corrected chi connectivity index (χ1v) is 26.6. The lowest BCUT2D eigenvalue weighted by Gasteiger charge is -2.63. The minimum Gasteiger partial charge on any atom is -0.497 e. The fourth-order valence-electron chi connectivity index (χ4n) is 11.0. The van der Waals surface area contributed by atoms with Crippen molar-refractivity contribution in [2.45, 2.75) is 74.4 Å². The zero-order valence-electron chi connectivity index (χ0n) is 41.2. The fraction of sp³-hybridized carbons (Fsp3) is 0.458. The van der Waals surface area contributed by atoms with E-state index in [0.717, 1.165) is 22.0 Å². The lowest BCUT2D eigenvalue weighted by molar-refractivity contribution is -0.204. The van der Waals surface area contributed by atoms with Crippen molar-refractivity contribution in [2.75, 3.05) is 74.4 Å². The Morgan fingerprint density at radius 2 is 1.81 bits per heavy atom. The number of nitrogen functional groups attached to an aromatic ring is 1. The third-order valence-corrected chi connectivity index (χ3v) is 16.6. The number of H-pyrrole nitrogens is 1. The average molecular weight is 1070 g/mol. The summed E-state index contributed by atoms with van der Waals surface area (Å²) in [5, 5.41) is 45.4. The molecule has 12 N–H and O–H groups in total. The molecule has 5 heterocycles. The summed E-state index contributed by atoms with van der Waals surface area (Å²) in [5.41, 5.74) is 8.82. The molecule has 2 fully saturated rings. The van der Waals surface area contributed by atoms with Crippen LogP contribution >= 0.6 is 21.6 Å². The lowest BCUT2D eigenvalue weighted by atomic mass is 9.47. The van der Waals surface area contributed by atoms with Crippen LogP contribution in [0.25, 0.3) is 11.2 Å². The van der Waals surface area contributed by atoms with Crippen molar-refractivity contribution in [1.82, 2.24) is 51.6 Å². The predicted molar refractivity (Wildman–Crippen MR) is 277 cm³/mol. The molecule has 1 saturated carbocycles. The Hall–Kier alpha value is -7.20. The number of carbonyl (C=O) groups is 6. The van der Waals surface area contributed by atoms with E-state index in [-0.39, 0.29) is 73.1 Å². The summed E-state index contributed by atoms with van der Waals surface area (Å²) in [6, 6.07) is 9.85. The number of benzene rings is 2. The number of nitrogens with zero attached hydrogens (tertiary/aromatic N) is 5. The van der Waals surface area contributed by atoms with Crippen LogP contribution in [0.15, 0.2) is 65.6 Å². The number of hydrazine groups is 1. The highest BCUT2D eigenvalue weighted by atomic mass is 33.1. The Morgan fingerprint density at radius 1 is 1.03 bits per heavy atom. The quantitative estimate of drug-likeness (QED) is 0.0229. The molecule has 1 unspecified atom stereocenters. The number of nitrogens with one attached hydrogen (secondary N) is 7. The third-order valence-electron chi connectivity index (χ3n) is 14.3. The maximum atomic E-state index is 14.3. The van der Waals surface area contributed by atoms with Crippen molar-refractivity contribution in [2.24, 2.45) is 5.41 Å². The second-order valence-electron chi connectivity index (χ2n) is 18.5. The number of aromatic nitrogens is 4. The maximum absolute atomic E-state index is 14.3. The van der Waals surface area contributed by atoms with E-state index < -0.39 is 76.5 Å². The summed E-state index contributed by atoms with van der Waals surface area (Å²) >= 11 is 0. The summed E-state index contributed by atoms with van der Waals surface area (Å²) in [4.78, 5) is 108. The van der Waals surface area contributed by atoms with Gasteiger partial charge in [0.1, 0.15) is 24.5 Å². The van der Waals surface area contributed by atoms with Crippen molar-refractivity contribution in [3.8, 4) is 5.75 Å². The van der Waals surface area contributed by atoms with E-state index >= 15 is 0 Å². The van der Waals surface area contributed by atoms with Gasteiger partial charge < -0.3 is 56.7 Å². The van der Waals surface area contributed by atoms with Gasteiger partial charge in [-0.2, -0.15) is 4.98 Å². The third kappa shape index (κ3) is 10.7. The molecule has 1 aliphatic carbocycles. The predicted octanol–water partition coefficient (Wildman–Crippen LogP) is 0.153. The van der Waals surface area contributed by atoms with Gasteiger partial charge in [-0.05, 0) is 61.7 Å². The SMILES string of the molecule is CC[C@]12C=CCN3CC[C@@]4(c5ccc(OC)cc5N(C)[C@H]4[C@@](O)(C(=O)NNC(=O)OCCSSC[C@@H](NC(=O)CNC(=O)CCCNC(=O)c4ccc(NCc5cnc6nc(N)[nH]c(=O)c6n5)cc4)C(=O)O)[C@@H]1O)C32. The molecule has 7 atom stereocenters. The van der Waals surface area contributed by atoms with Crippen LogP contribution in [-0.4, -0.2) is 164 Å². The number of rotatable bonds is 21. The molecule has 3 aliphatic heterocycles. The topological polar surface area (TPSA) is 358 Å². The molecule has 5 amide bonds. The second kappa shape index (κ2) is 22.7. The number of nitrogens with two attached hydrogens (primary N) is 1. The summed E-state index contributed by atoms with van der Waals surface area (Å²) in [6.07, 6.45) is 4.06. The maximum Gasteiger partial charge on any atom is 0.426 e. The van der Waals surface area contributed by atoms with Crippen LogP contribution in [0.2, 0.25) is 0 Å². The molecule has 1 spiro atoms. The summed E-state index contributed by atoms with van der Waals surface area (Å²) in [6.45, 7) is 3.06. The van der Waals surface area contributed by atoms with Gasteiger partial charge in [0.05, 0.1) is 38.1 Å². The van der Waals surface area contributed by atoms with Gasteiger partial charge in [0.25, 0.3) is 17.4 Å². The number of carboxylic acid groups (broad SMARTS) is 1. The molecule has 2 aromatic heterocycles. The van der Waals surface area contributed by atoms with E-state index in [0.29, 0.717) is 48.6 Å². The van der Waals surface area contributed by atoms with Crippen LogP contribution in [0.4, 0.5) is 22.1 Å². The number of hydrogen-bond acceptors (Lipinski definition) is 20. The van der Waals surface area contributed by atoms with Crippen LogP contribution < -0.4 is 53.0 Å².